The molecule has 2 aromatic rings. The molecule has 1 amide bonds. The summed E-state index contributed by atoms with van der Waals surface area (Å²) in [6.45, 7) is 4.65. The molecule has 2 rings (SSSR count). The summed E-state index contributed by atoms with van der Waals surface area (Å²) in [5.74, 6) is 0.502. The maximum atomic E-state index is 12.3. The standard InChI is InChI=1S/C16H17BrN2O2/c1-3-8-21-14-9-11(2)4-5-13(14)19-16(20)12-6-7-18-15(17)10-12/h4-7,9-10H,3,8H2,1-2H3,(H,19,20). The molecule has 0 atom stereocenters. The Kier molecular flexibility index (Phi) is 5.33. The van der Waals surface area contributed by atoms with E-state index < -0.39 is 0 Å². The largest absolute Gasteiger partial charge is 0.491 e. The van der Waals surface area contributed by atoms with Crippen LogP contribution in [-0.4, -0.2) is 17.5 Å². The van der Waals surface area contributed by atoms with Gasteiger partial charge in [-0.15, -0.1) is 0 Å². The molecule has 0 radical (unpaired) electrons. The number of ether oxygens (including phenoxy) is 1. The molecule has 1 aromatic heterocycles. The molecule has 1 N–H and O–H groups in total. The van der Waals surface area contributed by atoms with Gasteiger partial charge in [0.15, 0.2) is 0 Å². The summed E-state index contributed by atoms with van der Waals surface area (Å²) < 4.78 is 6.32. The van der Waals surface area contributed by atoms with Gasteiger partial charge in [0.05, 0.1) is 12.3 Å². The molecule has 5 heteroatoms. The zero-order chi connectivity index (χ0) is 15.2. The molecule has 0 aliphatic heterocycles. The molecule has 110 valence electrons. The number of benzene rings is 1. The Hall–Kier alpha value is -1.88. The fraction of sp³-hybridized carbons (Fsp3) is 0.250. The van der Waals surface area contributed by atoms with Crippen LogP contribution in [0.4, 0.5) is 5.69 Å². The van der Waals surface area contributed by atoms with Gasteiger partial charge >= 0.3 is 0 Å². The number of aryl methyl sites for hydroxylation is 1. The first-order valence-electron chi connectivity index (χ1n) is 6.76. The van der Waals surface area contributed by atoms with E-state index in [1.165, 1.54) is 0 Å². The Morgan fingerprint density at radius 3 is 2.86 bits per heavy atom. The lowest BCUT2D eigenvalue weighted by molar-refractivity contribution is 0.102. The van der Waals surface area contributed by atoms with Crippen molar-refractivity contribution < 1.29 is 9.53 Å². The summed E-state index contributed by atoms with van der Waals surface area (Å²) in [6, 6.07) is 9.07. The summed E-state index contributed by atoms with van der Waals surface area (Å²) >= 11 is 3.26. The minimum atomic E-state index is -0.191. The van der Waals surface area contributed by atoms with E-state index >= 15 is 0 Å². The predicted molar refractivity (Wildman–Crippen MR) is 86.9 cm³/mol. The van der Waals surface area contributed by atoms with Crippen molar-refractivity contribution in [1.29, 1.82) is 0 Å². The third kappa shape index (κ3) is 4.29. The highest BCUT2D eigenvalue weighted by Gasteiger charge is 2.11. The molecule has 0 saturated heterocycles. The second kappa shape index (κ2) is 7.22. The number of aromatic nitrogens is 1. The predicted octanol–water partition coefficient (Wildman–Crippen LogP) is 4.19. The van der Waals surface area contributed by atoms with Gasteiger partial charge in [0.1, 0.15) is 10.4 Å². The monoisotopic (exact) mass is 348 g/mol. The van der Waals surface area contributed by atoms with E-state index in [4.69, 9.17) is 4.74 Å². The van der Waals surface area contributed by atoms with Gasteiger partial charge in [-0.05, 0) is 59.1 Å². The van der Waals surface area contributed by atoms with Gasteiger partial charge in [-0.2, -0.15) is 0 Å². The number of nitrogens with zero attached hydrogens (tertiary/aromatic N) is 1. The van der Waals surface area contributed by atoms with Crippen LogP contribution in [0.3, 0.4) is 0 Å². The van der Waals surface area contributed by atoms with Gasteiger partial charge in [-0.3, -0.25) is 4.79 Å². The van der Waals surface area contributed by atoms with Crippen LogP contribution in [0.25, 0.3) is 0 Å². The molecule has 0 aliphatic rings. The quantitative estimate of drug-likeness (QED) is 0.824. The Morgan fingerprint density at radius 2 is 2.14 bits per heavy atom. The minimum Gasteiger partial charge on any atom is -0.491 e. The maximum Gasteiger partial charge on any atom is 0.255 e. The highest BCUT2D eigenvalue weighted by Crippen LogP contribution is 2.26. The number of pyridine rings is 1. The highest BCUT2D eigenvalue weighted by molar-refractivity contribution is 9.10. The first-order chi connectivity index (χ1) is 10.1. The van der Waals surface area contributed by atoms with Crippen molar-refractivity contribution in [2.24, 2.45) is 0 Å². The zero-order valence-corrected chi connectivity index (χ0v) is 13.6. The third-order valence-electron chi connectivity index (χ3n) is 2.84. The first-order valence-corrected chi connectivity index (χ1v) is 7.56. The lowest BCUT2D eigenvalue weighted by Crippen LogP contribution is -2.13. The number of hydrogen-bond acceptors (Lipinski definition) is 3. The van der Waals surface area contributed by atoms with Crippen molar-refractivity contribution in [3.05, 3.63) is 52.3 Å². The maximum absolute atomic E-state index is 12.3. The molecule has 0 saturated carbocycles. The molecular weight excluding hydrogens is 332 g/mol. The molecule has 0 spiro atoms. The number of anilines is 1. The second-order valence-electron chi connectivity index (χ2n) is 4.67. The first kappa shape index (κ1) is 15.5. The number of amides is 1. The molecule has 1 heterocycles. The molecule has 0 fully saturated rings. The lowest BCUT2D eigenvalue weighted by atomic mass is 10.2. The Balaban J connectivity index is 2.20. The van der Waals surface area contributed by atoms with Crippen LogP contribution >= 0.6 is 15.9 Å². The van der Waals surface area contributed by atoms with Crippen molar-refractivity contribution in [3.8, 4) is 5.75 Å². The van der Waals surface area contributed by atoms with Crippen LogP contribution < -0.4 is 10.1 Å². The molecule has 1 aromatic carbocycles. The van der Waals surface area contributed by atoms with Crippen LogP contribution in [0, 0.1) is 6.92 Å². The molecule has 4 nitrogen and oxygen atoms in total. The number of carbonyl (C=O) groups excluding carboxylic acids is 1. The van der Waals surface area contributed by atoms with Crippen LogP contribution in [0.5, 0.6) is 5.75 Å². The van der Waals surface area contributed by atoms with Gasteiger partial charge in [0.25, 0.3) is 5.91 Å². The summed E-state index contributed by atoms with van der Waals surface area (Å²) in [5.41, 5.74) is 2.30. The van der Waals surface area contributed by atoms with Crippen LogP contribution in [0.15, 0.2) is 41.1 Å². The fourth-order valence-corrected chi connectivity index (χ4v) is 2.17. The van der Waals surface area contributed by atoms with E-state index in [9.17, 15) is 4.79 Å². The van der Waals surface area contributed by atoms with Crippen LogP contribution in [0.1, 0.15) is 29.3 Å². The van der Waals surface area contributed by atoms with E-state index in [1.54, 1.807) is 18.3 Å². The molecule has 21 heavy (non-hydrogen) atoms. The normalized spacial score (nSPS) is 10.2. The fourth-order valence-electron chi connectivity index (χ4n) is 1.80. The number of carbonyl (C=O) groups is 1. The molecular formula is C16H17BrN2O2. The van der Waals surface area contributed by atoms with E-state index in [2.05, 4.69) is 26.2 Å². The Bertz CT molecular complexity index is 644. The third-order valence-corrected chi connectivity index (χ3v) is 3.27. The SMILES string of the molecule is CCCOc1cc(C)ccc1NC(=O)c1ccnc(Br)c1. The molecule has 0 bridgehead atoms. The van der Waals surface area contributed by atoms with Crippen molar-refractivity contribution in [3.63, 3.8) is 0 Å². The van der Waals surface area contributed by atoms with E-state index in [0.29, 0.717) is 28.2 Å². The Morgan fingerprint density at radius 1 is 1.33 bits per heavy atom. The van der Waals surface area contributed by atoms with Gasteiger partial charge in [0.2, 0.25) is 0 Å². The van der Waals surface area contributed by atoms with E-state index in [0.717, 1.165) is 12.0 Å². The summed E-state index contributed by atoms with van der Waals surface area (Å²) in [6.07, 6.45) is 2.50. The summed E-state index contributed by atoms with van der Waals surface area (Å²) in [5, 5.41) is 2.88. The lowest BCUT2D eigenvalue weighted by Gasteiger charge is -2.13. The van der Waals surface area contributed by atoms with Gasteiger partial charge in [0, 0.05) is 11.8 Å². The van der Waals surface area contributed by atoms with Crippen molar-refractivity contribution in [2.75, 3.05) is 11.9 Å². The van der Waals surface area contributed by atoms with Crippen molar-refractivity contribution in [2.45, 2.75) is 20.3 Å². The number of nitrogens with one attached hydrogen (secondary N) is 1. The zero-order valence-electron chi connectivity index (χ0n) is 12.0. The summed E-state index contributed by atoms with van der Waals surface area (Å²) in [4.78, 5) is 16.3. The highest BCUT2D eigenvalue weighted by atomic mass is 79.9. The number of hydrogen-bond donors (Lipinski definition) is 1. The topological polar surface area (TPSA) is 51.2 Å². The second-order valence-corrected chi connectivity index (χ2v) is 5.48. The number of rotatable bonds is 5. The molecule has 0 unspecified atom stereocenters. The van der Waals surface area contributed by atoms with Gasteiger partial charge in [-0.25, -0.2) is 4.98 Å². The number of halogens is 1. The van der Waals surface area contributed by atoms with E-state index in [1.807, 2.05) is 32.0 Å². The smallest absolute Gasteiger partial charge is 0.255 e. The van der Waals surface area contributed by atoms with Gasteiger partial charge < -0.3 is 10.1 Å². The minimum absolute atomic E-state index is 0.191. The van der Waals surface area contributed by atoms with Crippen molar-refractivity contribution >= 4 is 27.5 Å². The van der Waals surface area contributed by atoms with E-state index in [-0.39, 0.29) is 5.91 Å². The molecule has 0 aliphatic carbocycles. The van der Waals surface area contributed by atoms with Crippen LogP contribution in [-0.2, 0) is 0 Å². The summed E-state index contributed by atoms with van der Waals surface area (Å²) in [7, 11) is 0. The average molecular weight is 349 g/mol. The Labute approximate surface area is 132 Å². The van der Waals surface area contributed by atoms with Crippen LogP contribution in [0.2, 0.25) is 0 Å². The van der Waals surface area contributed by atoms with Crippen molar-refractivity contribution in [1.82, 2.24) is 4.98 Å². The average Bonchev–Trinajstić information content (AvgIpc) is 2.47. The van der Waals surface area contributed by atoms with Gasteiger partial charge in [-0.1, -0.05) is 13.0 Å².